The summed E-state index contributed by atoms with van der Waals surface area (Å²) in [5.41, 5.74) is 4.01. The van der Waals surface area contributed by atoms with Crippen LogP contribution in [-0.4, -0.2) is 19.8 Å². The van der Waals surface area contributed by atoms with Gasteiger partial charge in [-0.2, -0.15) is 0 Å². The SMILES string of the molecule is Oc1ccc(N2C(=S)N[C@H](c3ccccn3)[C@H]2c2cccn2-c2ccccc2)cc1. The molecule has 2 N–H and O–H groups in total. The van der Waals surface area contributed by atoms with Crippen LogP contribution in [0.5, 0.6) is 5.75 Å². The molecule has 148 valence electrons. The smallest absolute Gasteiger partial charge is 0.174 e. The van der Waals surface area contributed by atoms with E-state index in [1.807, 2.05) is 54.6 Å². The maximum atomic E-state index is 9.76. The molecule has 1 saturated heterocycles. The van der Waals surface area contributed by atoms with Crippen LogP contribution in [0.15, 0.2) is 97.3 Å². The van der Waals surface area contributed by atoms with Gasteiger partial charge >= 0.3 is 0 Å². The Morgan fingerprint density at radius 1 is 0.833 bits per heavy atom. The average Bonchev–Trinajstić information content (AvgIpc) is 3.40. The maximum absolute atomic E-state index is 9.76. The minimum atomic E-state index is -0.120. The fourth-order valence-corrected chi connectivity index (χ4v) is 4.35. The molecule has 2 atom stereocenters. The summed E-state index contributed by atoms with van der Waals surface area (Å²) in [6, 6.07) is 27.2. The third kappa shape index (κ3) is 3.21. The lowest BCUT2D eigenvalue weighted by molar-refractivity contribution is 0.475. The molecule has 5 nitrogen and oxygen atoms in total. The van der Waals surface area contributed by atoms with E-state index >= 15 is 0 Å². The summed E-state index contributed by atoms with van der Waals surface area (Å²) < 4.78 is 2.18. The van der Waals surface area contributed by atoms with Gasteiger partial charge in [0.2, 0.25) is 0 Å². The lowest BCUT2D eigenvalue weighted by Crippen LogP contribution is -2.30. The summed E-state index contributed by atoms with van der Waals surface area (Å²) in [4.78, 5) is 6.70. The number of anilines is 1. The summed E-state index contributed by atoms with van der Waals surface area (Å²) in [7, 11) is 0. The van der Waals surface area contributed by atoms with Crippen molar-refractivity contribution in [2.45, 2.75) is 12.1 Å². The summed E-state index contributed by atoms with van der Waals surface area (Å²) in [5, 5.41) is 13.9. The van der Waals surface area contributed by atoms with Crippen molar-refractivity contribution in [2.75, 3.05) is 4.90 Å². The van der Waals surface area contributed by atoms with E-state index < -0.39 is 0 Å². The molecule has 3 heterocycles. The zero-order valence-electron chi connectivity index (χ0n) is 16.1. The molecule has 0 bridgehead atoms. The monoisotopic (exact) mass is 412 g/mol. The van der Waals surface area contributed by atoms with Gasteiger partial charge in [-0.15, -0.1) is 0 Å². The Morgan fingerprint density at radius 3 is 2.33 bits per heavy atom. The van der Waals surface area contributed by atoms with Crippen LogP contribution in [0.3, 0.4) is 0 Å². The Morgan fingerprint density at radius 2 is 1.60 bits per heavy atom. The topological polar surface area (TPSA) is 53.3 Å². The molecule has 1 aliphatic heterocycles. The third-order valence-electron chi connectivity index (χ3n) is 5.34. The Labute approximate surface area is 180 Å². The van der Waals surface area contributed by atoms with E-state index in [0.717, 1.165) is 22.8 Å². The average molecular weight is 413 g/mol. The molecule has 2 aromatic carbocycles. The standard InChI is InChI=1S/C24H20N4OS/c29-19-13-11-18(12-14-19)28-23(22(26-24(28)30)20-9-4-5-15-25-20)21-10-6-16-27(21)17-7-2-1-3-8-17/h1-16,22-23,29H,(H,26,30)/t22-,23-/m1/s1. The lowest BCUT2D eigenvalue weighted by Gasteiger charge is -2.29. The number of hydrogen-bond donors (Lipinski definition) is 2. The van der Waals surface area contributed by atoms with Crippen LogP contribution in [0.1, 0.15) is 23.5 Å². The van der Waals surface area contributed by atoms with E-state index in [2.05, 4.69) is 44.2 Å². The second kappa shape index (κ2) is 7.65. The number of benzene rings is 2. The Kier molecular flexibility index (Phi) is 4.69. The molecular formula is C24H20N4OS. The van der Waals surface area contributed by atoms with Crippen molar-refractivity contribution in [1.29, 1.82) is 0 Å². The van der Waals surface area contributed by atoms with Gasteiger partial charge in [-0.3, -0.25) is 4.98 Å². The number of phenols is 1. The number of nitrogens with zero attached hydrogens (tertiary/aromatic N) is 3. The van der Waals surface area contributed by atoms with Crippen LogP contribution in [0.2, 0.25) is 0 Å². The van der Waals surface area contributed by atoms with Gasteiger partial charge in [0.1, 0.15) is 11.8 Å². The van der Waals surface area contributed by atoms with Gasteiger partial charge in [0.15, 0.2) is 5.11 Å². The molecule has 1 fully saturated rings. The van der Waals surface area contributed by atoms with Crippen molar-refractivity contribution in [1.82, 2.24) is 14.9 Å². The molecule has 30 heavy (non-hydrogen) atoms. The highest BCUT2D eigenvalue weighted by atomic mass is 32.1. The molecule has 0 radical (unpaired) electrons. The first-order chi connectivity index (χ1) is 14.7. The van der Waals surface area contributed by atoms with E-state index in [-0.39, 0.29) is 17.8 Å². The first kappa shape index (κ1) is 18.4. The molecule has 4 aromatic rings. The molecule has 6 heteroatoms. The minimum absolute atomic E-state index is 0.118. The Hall–Kier alpha value is -3.64. The maximum Gasteiger partial charge on any atom is 0.174 e. The number of pyridine rings is 1. The van der Waals surface area contributed by atoms with Gasteiger partial charge in [0.05, 0.1) is 11.7 Å². The fourth-order valence-electron chi connectivity index (χ4n) is 4.01. The summed E-state index contributed by atoms with van der Waals surface area (Å²) in [6.45, 7) is 0. The minimum Gasteiger partial charge on any atom is -0.508 e. The van der Waals surface area contributed by atoms with Crippen LogP contribution >= 0.6 is 12.2 Å². The van der Waals surface area contributed by atoms with Crippen molar-refractivity contribution in [3.8, 4) is 11.4 Å². The number of thiocarbonyl (C=S) groups is 1. The first-order valence-corrected chi connectivity index (χ1v) is 10.2. The molecule has 2 aromatic heterocycles. The Bertz CT molecular complexity index is 1160. The predicted molar refractivity (Wildman–Crippen MR) is 122 cm³/mol. The quantitative estimate of drug-likeness (QED) is 0.474. The van der Waals surface area contributed by atoms with Crippen LogP contribution in [0, 0.1) is 0 Å². The number of phenolic OH excluding ortho intramolecular Hbond substituents is 1. The summed E-state index contributed by atoms with van der Waals surface area (Å²) in [6.07, 6.45) is 3.87. The van der Waals surface area contributed by atoms with Crippen LogP contribution in [0.4, 0.5) is 5.69 Å². The molecule has 0 amide bonds. The van der Waals surface area contributed by atoms with Gasteiger partial charge in [0, 0.05) is 29.5 Å². The largest absolute Gasteiger partial charge is 0.508 e. The first-order valence-electron chi connectivity index (χ1n) is 9.75. The van der Waals surface area contributed by atoms with E-state index in [1.165, 1.54) is 0 Å². The van der Waals surface area contributed by atoms with E-state index in [0.29, 0.717) is 5.11 Å². The lowest BCUT2D eigenvalue weighted by atomic mass is 10.0. The van der Waals surface area contributed by atoms with Crippen molar-refractivity contribution in [2.24, 2.45) is 0 Å². The second-order valence-corrected chi connectivity index (χ2v) is 7.54. The fraction of sp³-hybridized carbons (Fsp3) is 0.0833. The number of aromatic hydroxyl groups is 1. The van der Waals surface area contributed by atoms with Crippen molar-refractivity contribution >= 4 is 23.0 Å². The molecule has 0 aliphatic carbocycles. The number of hydrogen-bond acceptors (Lipinski definition) is 3. The molecular weight excluding hydrogens is 392 g/mol. The number of para-hydroxylation sites is 1. The third-order valence-corrected chi connectivity index (χ3v) is 5.66. The zero-order valence-corrected chi connectivity index (χ0v) is 16.9. The van der Waals surface area contributed by atoms with Gasteiger partial charge in [-0.25, -0.2) is 0 Å². The molecule has 0 saturated carbocycles. The van der Waals surface area contributed by atoms with Crippen LogP contribution < -0.4 is 10.2 Å². The Balaban J connectivity index is 1.67. The highest BCUT2D eigenvalue weighted by molar-refractivity contribution is 7.80. The normalized spacial score (nSPS) is 18.4. The predicted octanol–water partition coefficient (Wildman–Crippen LogP) is 4.76. The van der Waals surface area contributed by atoms with Gasteiger partial charge in [-0.1, -0.05) is 24.3 Å². The van der Waals surface area contributed by atoms with E-state index in [9.17, 15) is 5.11 Å². The molecule has 0 spiro atoms. The van der Waals surface area contributed by atoms with E-state index in [4.69, 9.17) is 12.2 Å². The second-order valence-electron chi connectivity index (χ2n) is 7.15. The number of rotatable bonds is 4. The van der Waals surface area contributed by atoms with E-state index in [1.54, 1.807) is 18.3 Å². The van der Waals surface area contributed by atoms with Crippen molar-refractivity contribution in [3.63, 3.8) is 0 Å². The summed E-state index contributed by atoms with van der Waals surface area (Å²) in [5.74, 6) is 0.224. The van der Waals surface area contributed by atoms with Crippen LogP contribution in [-0.2, 0) is 0 Å². The van der Waals surface area contributed by atoms with Gasteiger partial charge in [0.25, 0.3) is 0 Å². The van der Waals surface area contributed by atoms with Crippen LogP contribution in [0.25, 0.3) is 5.69 Å². The van der Waals surface area contributed by atoms with Gasteiger partial charge in [-0.05, 0) is 72.9 Å². The van der Waals surface area contributed by atoms with Gasteiger partial charge < -0.3 is 19.9 Å². The molecule has 0 unspecified atom stereocenters. The highest BCUT2D eigenvalue weighted by Gasteiger charge is 2.42. The van der Waals surface area contributed by atoms with Crippen molar-refractivity contribution in [3.05, 3.63) is 109 Å². The highest BCUT2D eigenvalue weighted by Crippen LogP contribution is 2.42. The molecule has 5 rings (SSSR count). The summed E-state index contributed by atoms with van der Waals surface area (Å²) >= 11 is 5.76. The van der Waals surface area contributed by atoms with Crippen molar-refractivity contribution < 1.29 is 5.11 Å². The zero-order chi connectivity index (χ0) is 20.5. The molecule has 1 aliphatic rings. The number of nitrogens with one attached hydrogen (secondary N) is 1. The number of aromatic nitrogens is 2.